The van der Waals surface area contributed by atoms with E-state index in [0.717, 1.165) is 24.4 Å². The van der Waals surface area contributed by atoms with E-state index in [1.165, 1.54) is 11.1 Å². The van der Waals surface area contributed by atoms with Crippen LogP contribution in [0.5, 0.6) is 5.75 Å². The van der Waals surface area contributed by atoms with Crippen molar-refractivity contribution in [2.24, 2.45) is 0 Å². The van der Waals surface area contributed by atoms with Crippen LogP contribution < -0.4 is 15.8 Å². The third-order valence-electron chi connectivity index (χ3n) is 3.13. The summed E-state index contributed by atoms with van der Waals surface area (Å²) in [5.41, 5.74) is 10.3. The van der Waals surface area contributed by atoms with Crippen LogP contribution in [0.1, 0.15) is 25.0 Å². The van der Waals surface area contributed by atoms with Crippen molar-refractivity contribution in [3.8, 4) is 5.75 Å². The number of aryl methyl sites for hydroxylation is 1. The number of nitrogen functional groups attached to an aromatic ring is 1. The van der Waals surface area contributed by atoms with Crippen molar-refractivity contribution in [1.82, 2.24) is 0 Å². The van der Waals surface area contributed by atoms with Gasteiger partial charge in [0, 0.05) is 30.1 Å². The lowest BCUT2D eigenvalue weighted by Crippen LogP contribution is -2.08. The van der Waals surface area contributed by atoms with Crippen molar-refractivity contribution in [1.29, 1.82) is 0 Å². The molecule has 2 aromatic carbocycles. The molecule has 0 radical (unpaired) electrons. The van der Waals surface area contributed by atoms with Gasteiger partial charge in [-0.1, -0.05) is 29.8 Å². The highest BCUT2D eigenvalue weighted by Gasteiger charge is 2.02. The number of benzene rings is 2. The second-order valence-electron chi connectivity index (χ2n) is 5.62. The Hall–Kier alpha value is -2.16. The Labute approximate surface area is 127 Å². The minimum atomic E-state index is 0.145. The van der Waals surface area contributed by atoms with Crippen molar-refractivity contribution < 1.29 is 4.74 Å². The third kappa shape index (κ3) is 5.03. The molecule has 3 N–H and O–H groups in total. The van der Waals surface area contributed by atoms with E-state index in [4.69, 9.17) is 10.5 Å². The van der Waals surface area contributed by atoms with Crippen LogP contribution in [0.25, 0.3) is 0 Å². The summed E-state index contributed by atoms with van der Waals surface area (Å²) in [7, 11) is 0. The van der Waals surface area contributed by atoms with Gasteiger partial charge in [-0.2, -0.15) is 0 Å². The van der Waals surface area contributed by atoms with E-state index in [0.29, 0.717) is 5.69 Å². The van der Waals surface area contributed by atoms with Crippen LogP contribution in [0.15, 0.2) is 42.5 Å². The maximum atomic E-state index is 5.92. The Balaban J connectivity index is 1.95. The summed E-state index contributed by atoms with van der Waals surface area (Å²) in [6.07, 6.45) is 1.13. The van der Waals surface area contributed by atoms with Crippen molar-refractivity contribution >= 4 is 11.4 Å². The third-order valence-corrected chi connectivity index (χ3v) is 3.13. The van der Waals surface area contributed by atoms with Crippen LogP contribution in [-0.4, -0.2) is 12.6 Å². The fourth-order valence-corrected chi connectivity index (χ4v) is 2.28. The van der Waals surface area contributed by atoms with Gasteiger partial charge in [-0.25, -0.2) is 0 Å². The van der Waals surface area contributed by atoms with Gasteiger partial charge in [0.25, 0.3) is 0 Å². The average molecular weight is 284 g/mol. The Morgan fingerprint density at radius 2 is 1.95 bits per heavy atom. The molecule has 2 aromatic rings. The molecular formula is C18H24N2O. The smallest absolute Gasteiger partial charge is 0.123 e. The van der Waals surface area contributed by atoms with E-state index in [9.17, 15) is 0 Å². The van der Waals surface area contributed by atoms with Crippen LogP contribution in [0.3, 0.4) is 0 Å². The molecule has 21 heavy (non-hydrogen) atoms. The number of nitrogens with one attached hydrogen (secondary N) is 1. The number of rotatable bonds is 6. The largest absolute Gasteiger partial charge is 0.491 e. The topological polar surface area (TPSA) is 47.3 Å². The van der Waals surface area contributed by atoms with Gasteiger partial charge in [0.15, 0.2) is 0 Å². The maximum absolute atomic E-state index is 5.92. The van der Waals surface area contributed by atoms with Gasteiger partial charge < -0.3 is 15.8 Å². The first-order valence-electron chi connectivity index (χ1n) is 7.39. The minimum Gasteiger partial charge on any atom is -0.491 e. The van der Waals surface area contributed by atoms with Crippen LogP contribution in [0.2, 0.25) is 0 Å². The first kappa shape index (κ1) is 15.2. The molecule has 0 saturated heterocycles. The summed E-state index contributed by atoms with van der Waals surface area (Å²) in [4.78, 5) is 0. The van der Waals surface area contributed by atoms with Gasteiger partial charge in [-0.3, -0.25) is 0 Å². The lowest BCUT2D eigenvalue weighted by Gasteiger charge is -2.13. The highest BCUT2D eigenvalue weighted by atomic mass is 16.5. The van der Waals surface area contributed by atoms with E-state index in [-0.39, 0.29) is 6.10 Å². The molecule has 3 nitrogen and oxygen atoms in total. The Morgan fingerprint density at radius 3 is 2.67 bits per heavy atom. The molecule has 0 aliphatic carbocycles. The Kier molecular flexibility index (Phi) is 5.09. The summed E-state index contributed by atoms with van der Waals surface area (Å²) >= 11 is 0. The first-order chi connectivity index (χ1) is 10.0. The summed E-state index contributed by atoms with van der Waals surface area (Å²) in [5.74, 6) is 0.808. The van der Waals surface area contributed by atoms with Crippen molar-refractivity contribution in [2.75, 3.05) is 17.6 Å². The van der Waals surface area contributed by atoms with Crippen LogP contribution in [0, 0.1) is 6.92 Å². The zero-order chi connectivity index (χ0) is 15.2. The fourth-order valence-electron chi connectivity index (χ4n) is 2.28. The second kappa shape index (κ2) is 7.02. The van der Waals surface area contributed by atoms with Gasteiger partial charge in [0.05, 0.1) is 6.10 Å². The van der Waals surface area contributed by atoms with E-state index < -0.39 is 0 Å². The molecular weight excluding hydrogens is 260 g/mol. The summed E-state index contributed by atoms with van der Waals surface area (Å²) in [6, 6.07) is 14.4. The minimum absolute atomic E-state index is 0.145. The van der Waals surface area contributed by atoms with Gasteiger partial charge in [-0.05, 0) is 38.8 Å². The summed E-state index contributed by atoms with van der Waals surface area (Å²) in [6.45, 7) is 7.00. The summed E-state index contributed by atoms with van der Waals surface area (Å²) in [5, 5.41) is 3.41. The van der Waals surface area contributed by atoms with Gasteiger partial charge in [0.1, 0.15) is 5.75 Å². The molecule has 0 spiro atoms. The van der Waals surface area contributed by atoms with Gasteiger partial charge in [-0.15, -0.1) is 0 Å². The first-order valence-corrected chi connectivity index (χ1v) is 7.39. The number of ether oxygens (including phenoxy) is 1. The zero-order valence-corrected chi connectivity index (χ0v) is 13.0. The van der Waals surface area contributed by atoms with E-state index in [1.54, 1.807) is 0 Å². The van der Waals surface area contributed by atoms with Gasteiger partial charge >= 0.3 is 0 Å². The van der Waals surface area contributed by atoms with Crippen molar-refractivity contribution in [3.63, 3.8) is 0 Å². The lowest BCUT2D eigenvalue weighted by atomic mass is 10.1. The molecule has 0 unspecified atom stereocenters. The van der Waals surface area contributed by atoms with Crippen LogP contribution >= 0.6 is 0 Å². The number of hydrogen-bond donors (Lipinski definition) is 2. The average Bonchev–Trinajstić information content (AvgIpc) is 2.37. The number of anilines is 2. The standard InChI is InChI=1S/C18H24N2O/c1-13(2)21-18-11-16(19)10-17(12-18)20-8-7-15-6-4-5-14(3)9-15/h4-6,9-13,20H,7-8,19H2,1-3H3. The van der Waals surface area contributed by atoms with Crippen molar-refractivity contribution in [2.45, 2.75) is 33.3 Å². The molecule has 0 heterocycles. The SMILES string of the molecule is Cc1cccc(CCNc2cc(N)cc(OC(C)C)c2)c1. The predicted molar refractivity (Wildman–Crippen MR) is 90.0 cm³/mol. The lowest BCUT2D eigenvalue weighted by molar-refractivity contribution is 0.242. The molecule has 3 heteroatoms. The van der Waals surface area contributed by atoms with Gasteiger partial charge in [0.2, 0.25) is 0 Å². The molecule has 0 atom stereocenters. The highest BCUT2D eigenvalue weighted by Crippen LogP contribution is 2.23. The molecule has 0 aliphatic rings. The quantitative estimate of drug-likeness (QED) is 0.788. The molecule has 2 rings (SSSR count). The van der Waals surface area contributed by atoms with E-state index in [1.807, 2.05) is 32.0 Å². The maximum Gasteiger partial charge on any atom is 0.123 e. The van der Waals surface area contributed by atoms with E-state index >= 15 is 0 Å². The van der Waals surface area contributed by atoms with Crippen LogP contribution in [-0.2, 0) is 6.42 Å². The second-order valence-corrected chi connectivity index (χ2v) is 5.62. The van der Waals surface area contributed by atoms with Crippen molar-refractivity contribution in [3.05, 3.63) is 53.6 Å². The molecule has 0 amide bonds. The summed E-state index contributed by atoms with van der Waals surface area (Å²) < 4.78 is 5.70. The Bertz CT molecular complexity index is 594. The zero-order valence-electron chi connectivity index (χ0n) is 13.0. The number of nitrogens with two attached hydrogens (primary N) is 1. The normalized spacial score (nSPS) is 10.7. The molecule has 0 aliphatic heterocycles. The molecule has 0 aromatic heterocycles. The highest BCUT2D eigenvalue weighted by molar-refractivity contribution is 5.59. The monoisotopic (exact) mass is 284 g/mol. The van der Waals surface area contributed by atoms with E-state index in [2.05, 4.69) is 36.5 Å². The fraction of sp³-hybridized carbons (Fsp3) is 0.333. The molecule has 112 valence electrons. The predicted octanol–water partition coefficient (Wildman–Crippen LogP) is 4.02. The number of hydrogen-bond acceptors (Lipinski definition) is 3. The molecule has 0 saturated carbocycles. The molecule has 0 fully saturated rings. The molecule has 0 bridgehead atoms. The Morgan fingerprint density at radius 1 is 1.14 bits per heavy atom. The van der Waals surface area contributed by atoms with Crippen LogP contribution in [0.4, 0.5) is 11.4 Å².